The number of benzene rings is 2. The van der Waals surface area contributed by atoms with Gasteiger partial charge in [-0.2, -0.15) is 0 Å². The number of sulfonamides is 1. The Labute approximate surface area is 148 Å². The fourth-order valence-corrected chi connectivity index (χ4v) is 4.27. The van der Waals surface area contributed by atoms with Crippen LogP contribution in [0.25, 0.3) is 0 Å². The summed E-state index contributed by atoms with van der Waals surface area (Å²) in [6.45, 7) is 4.96. The van der Waals surface area contributed by atoms with Crippen molar-refractivity contribution in [3.05, 3.63) is 41.5 Å². The van der Waals surface area contributed by atoms with Gasteiger partial charge in [-0.1, -0.05) is 0 Å². The lowest BCUT2D eigenvalue weighted by Gasteiger charge is -2.28. The molecule has 3 rings (SSSR count). The topological polar surface area (TPSA) is 67.9 Å². The number of fused-ring (bicyclic) bond motifs is 1. The van der Waals surface area contributed by atoms with E-state index in [1.54, 1.807) is 38.3 Å². The van der Waals surface area contributed by atoms with E-state index in [-0.39, 0.29) is 4.90 Å². The Bertz CT molecular complexity index is 910. The molecule has 0 radical (unpaired) electrons. The van der Waals surface area contributed by atoms with Crippen molar-refractivity contribution in [2.75, 3.05) is 36.9 Å². The molecule has 134 valence electrons. The van der Waals surface area contributed by atoms with Gasteiger partial charge >= 0.3 is 0 Å². The quantitative estimate of drug-likeness (QED) is 0.906. The van der Waals surface area contributed by atoms with Crippen LogP contribution in [0.1, 0.15) is 11.1 Å². The second-order valence-corrected chi connectivity index (χ2v) is 7.80. The summed E-state index contributed by atoms with van der Waals surface area (Å²) < 4.78 is 39.1. The smallest absolute Gasteiger partial charge is 0.262 e. The lowest BCUT2D eigenvalue weighted by atomic mass is 10.1. The van der Waals surface area contributed by atoms with E-state index in [2.05, 4.69) is 9.62 Å². The average molecular weight is 362 g/mol. The van der Waals surface area contributed by atoms with E-state index in [1.807, 2.05) is 20.0 Å². The highest BCUT2D eigenvalue weighted by atomic mass is 32.2. The normalized spacial score (nSPS) is 13.8. The molecule has 0 fully saturated rings. The molecule has 1 N–H and O–H groups in total. The predicted octanol–water partition coefficient (Wildman–Crippen LogP) is 2.94. The van der Waals surface area contributed by atoms with Gasteiger partial charge in [0.05, 0.1) is 29.9 Å². The second-order valence-electron chi connectivity index (χ2n) is 6.15. The largest absolute Gasteiger partial charge is 0.496 e. The van der Waals surface area contributed by atoms with Gasteiger partial charge in [-0.3, -0.25) is 4.72 Å². The molecule has 1 aliphatic rings. The summed E-state index contributed by atoms with van der Waals surface area (Å²) in [5, 5.41) is 0. The molecule has 0 aliphatic carbocycles. The van der Waals surface area contributed by atoms with E-state index < -0.39 is 10.0 Å². The summed E-state index contributed by atoms with van der Waals surface area (Å²) in [6, 6.07) is 8.67. The Hall–Kier alpha value is -2.41. The SMILES string of the molecule is COc1cc(C)c(S(=O)(=O)Nc2ccc3c(c2)OCCN3C)cc1C. The number of anilines is 2. The number of nitrogens with one attached hydrogen (secondary N) is 1. The van der Waals surface area contributed by atoms with Gasteiger partial charge in [-0.05, 0) is 49.2 Å². The van der Waals surface area contributed by atoms with Crippen LogP contribution in [0.3, 0.4) is 0 Å². The minimum absolute atomic E-state index is 0.238. The molecule has 0 spiro atoms. The van der Waals surface area contributed by atoms with Crippen molar-refractivity contribution in [1.82, 2.24) is 0 Å². The Morgan fingerprint density at radius 2 is 1.92 bits per heavy atom. The van der Waals surface area contributed by atoms with Crippen molar-refractivity contribution in [2.45, 2.75) is 18.7 Å². The maximum atomic E-state index is 12.8. The van der Waals surface area contributed by atoms with E-state index in [0.717, 1.165) is 17.8 Å². The second kappa shape index (κ2) is 6.48. The van der Waals surface area contributed by atoms with Crippen LogP contribution in [0.4, 0.5) is 11.4 Å². The summed E-state index contributed by atoms with van der Waals surface area (Å²) in [5.74, 6) is 1.35. The summed E-state index contributed by atoms with van der Waals surface area (Å²) in [5.41, 5.74) is 2.82. The molecule has 2 aromatic rings. The van der Waals surface area contributed by atoms with E-state index >= 15 is 0 Å². The predicted molar refractivity (Wildman–Crippen MR) is 98.5 cm³/mol. The van der Waals surface area contributed by atoms with Crippen molar-refractivity contribution < 1.29 is 17.9 Å². The Morgan fingerprint density at radius 3 is 2.64 bits per heavy atom. The average Bonchev–Trinajstić information content (AvgIpc) is 2.56. The zero-order chi connectivity index (χ0) is 18.2. The highest BCUT2D eigenvalue weighted by Crippen LogP contribution is 2.34. The molecule has 1 heterocycles. The van der Waals surface area contributed by atoms with Gasteiger partial charge in [-0.25, -0.2) is 8.42 Å². The van der Waals surface area contributed by atoms with Crippen molar-refractivity contribution in [1.29, 1.82) is 0 Å². The number of aryl methyl sites for hydroxylation is 2. The Kier molecular flexibility index (Phi) is 4.51. The van der Waals surface area contributed by atoms with Gasteiger partial charge in [0.25, 0.3) is 10.0 Å². The molecule has 1 aliphatic heterocycles. The molecule has 0 aromatic heterocycles. The van der Waals surface area contributed by atoms with Crippen LogP contribution in [0.2, 0.25) is 0 Å². The highest BCUT2D eigenvalue weighted by molar-refractivity contribution is 7.92. The number of nitrogens with zero attached hydrogens (tertiary/aromatic N) is 1. The molecule has 0 unspecified atom stereocenters. The first-order chi connectivity index (χ1) is 11.8. The molecule has 7 heteroatoms. The third-order valence-electron chi connectivity index (χ3n) is 4.29. The van der Waals surface area contributed by atoms with Crippen LogP contribution in [0.15, 0.2) is 35.2 Å². The molecule has 2 aromatic carbocycles. The number of ether oxygens (including phenoxy) is 2. The molecule has 0 atom stereocenters. The van der Waals surface area contributed by atoms with Crippen molar-refractivity contribution in [2.24, 2.45) is 0 Å². The summed E-state index contributed by atoms with van der Waals surface area (Å²) in [4.78, 5) is 2.32. The molecular weight excluding hydrogens is 340 g/mol. The molecule has 0 amide bonds. The fourth-order valence-electron chi connectivity index (χ4n) is 2.90. The van der Waals surface area contributed by atoms with E-state index in [0.29, 0.717) is 29.4 Å². The van der Waals surface area contributed by atoms with E-state index in [1.165, 1.54) is 0 Å². The van der Waals surface area contributed by atoms with Crippen molar-refractivity contribution in [3.8, 4) is 11.5 Å². The highest BCUT2D eigenvalue weighted by Gasteiger charge is 2.21. The summed E-state index contributed by atoms with van der Waals surface area (Å²) in [6.07, 6.45) is 0. The Morgan fingerprint density at radius 1 is 1.16 bits per heavy atom. The molecular formula is C18H22N2O4S. The van der Waals surface area contributed by atoms with Crippen LogP contribution >= 0.6 is 0 Å². The van der Waals surface area contributed by atoms with Crippen molar-refractivity contribution in [3.63, 3.8) is 0 Å². The molecule has 25 heavy (non-hydrogen) atoms. The number of methoxy groups -OCH3 is 1. The molecule has 0 bridgehead atoms. The molecule has 0 saturated heterocycles. The fraction of sp³-hybridized carbons (Fsp3) is 0.333. The van der Waals surface area contributed by atoms with Crippen LogP contribution in [0.5, 0.6) is 11.5 Å². The van der Waals surface area contributed by atoms with Crippen LogP contribution in [-0.2, 0) is 10.0 Å². The third kappa shape index (κ3) is 3.37. The number of hydrogen-bond acceptors (Lipinski definition) is 5. The lowest BCUT2D eigenvalue weighted by Crippen LogP contribution is -2.28. The van der Waals surface area contributed by atoms with Gasteiger partial charge in [0.15, 0.2) is 0 Å². The van der Waals surface area contributed by atoms with Crippen LogP contribution in [-0.4, -0.2) is 35.7 Å². The molecule has 0 saturated carbocycles. The van der Waals surface area contributed by atoms with E-state index in [4.69, 9.17) is 9.47 Å². The Balaban J connectivity index is 1.93. The summed E-state index contributed by atoms with van der Waals surface area (Å²) >= 11 is 0. The van der Waals surface area contributed by atoms with Gasteiger partial charge in [-0.15, -0.1) is 0 Å². The third-order valence-corrected chi connectivity index (χ3v) is 5.81. The zero-order valence-electron chi connectivity index (χ0n) is 14.8. The maximum Gasteiger partial charge on any atom is 0.262 e. The first-order valence-electron chi connectivity index (χ1n) is 7.98. The number of rotatable bonds is 4. The van der Waals surface area contributed by atoms with Crippen LogP contribution < -0.4 is 19.1 Å². The minimum Gasteiger partial charge on any atom is -0.496 e. The summed E-state index contributed by atoms with van der Waals surface area (Å²) in [7, 11) is -0.158. The van der Waals surface area contributed by atoms with Gasteiger partial charge in [0.1, 0.15) is 18.1 Å². The first kappa shape index (κ1) is 17.4. The lowest BCUT2D eigenvalue weighted by molar-refractivity contribution is 0.311. The zero-order valence-corrected chi connectivity index (χ0v) is 15.6. The number of hydrogen-bond donors (Lipinski definition) is 1. The minimum atomic E-state index is -3.71. The van der Waals surface area contributed by atoms with E-state index in [9.17, 15) is 8.42 Å². The van der Waals surface area contributed by atoms with Gasteiger partial charge in [0, 0.05) is 13.1 Å². The first-order valence-corrected chi connectivity index (χ1v) is 9.46. The standard InChI is InChI=1S/C18H22N2O4S/c1-12-10-18(13(2)9-16(12)23-4)25(21,22)19-14-5-6-15-17(11-14)24-8-7-20(15)3/h5-6,9-11,19H,7-8H2,1-4H3. The van der Waals surface area contributed by atoms with Gasteiger partial charge in [0.2, 0.25) is 0 Å². The molecule has 6 nitrogen and oxygen atoms in total. The monoisotopic (exact) mass is 362 g/mol. The maximum absolute atomic E-state index is 12.8. The number of likely N-dealkylation sites (N-methyl/N-ethyl adjacent to an activating group) is 1. The van der Waals surface area contributed by atoms with Gasteiger partial charge < -0.3 is 14.4 Å². The van der Waals surface area contributed by atoms with Crippen molar-refractivity contribution >= 4 is 21.4 Å². The van der Waals surface area contributed by atoms with Crippen LogP contribution in [0, 0.1) is 13.8 Å².